The summed E-state index contributed by atoms with van der Waals surface area (Å²) in [5, 5.41) is 26.8. The number of hydrogen-bond donors (Lipinski definition) is 5. The molecule has 1 aliphatic heterocycles. The second-order valence-corrected chi connectivity index (χ2v) is 4.03. The Kier molecular flexibility index (Phi) is 3.56. The van der Waals surface area contributed by atoms with Crippen LogP contribution in [0.5, 0.6) is 0 Å². The highest BCUT2D eigenvalue weighted by Crippen LogP contribution is 2.42. The summed E-state index contributed by atoms with van der Waals surface area (Å²) in [6.07, 6.45) is -3.31. The summed E-state index contributed by atoms with van der Waals surface area (Å²) in [4.78, 5) is 27.8. The molecule has 92 valence electrons. The number of aliphatic hydroxyl groups is 3. The highest BCUT2D eigenvalue weighted by Gasteiger charge is 2.43. The van der Waals surface area contributed by atoms with Gasteiger partial charge < -0.3 is 24.6 Å². The van der Waals surface area contributed by atoms with Gasteiger partial charge in [0.25, 0.3) is 0 Å². The average Bonchev–Trinajstić information content (AvgIpc) is 2.43. The van der Waals surface area contributed by atoms with Crippen LogP contribution in [-0.4, -0.2) is 49.9 Å². The molecule has 2 atom stereocenters. The van der Waals surface area contributed by atoms with Gasteiger partial charge >= 0.3 is 13.8 Å². The van der Waals surface area contributed by atoms with Crippen LogP contribution in [0.2, 0.25) is 0 Å². The molecule has 0 aromatic carbocycles. The molecule has 1 unspecified atom stereocenters. The van der Waals surface area contributed by atoms with Crippen LogP contribution < -0.4 is 0 Å². The summed E-state index contributed by atoms with van der Waals surface area (Å²) in [5.41, 5.74) is 0. The van der Waals surface area contributed by atoms with Crippen LogP contribution in [0, 0.1) is 0 Å². The average molecular weight is 256 g/mol. The largest absolute Gasteiger partial charge is 0.524 e. The number of phosphoric ester groups is 1. The van der Waals surface area contributed by atoms with Crippen molar-refractivity contribution in [2.24, 2.45) is 0 Å². The second-order valence-electron chi connectivity index (χ2n) is 2.87. The zero-order chi connectivity index (χ0) is 12.5. The van der Waals surface area contributed by atoms with Crippen molar-refractivity contribution in [3.63, 3.8) is 0 Å². The van der Waals surface area contributed by atoms with Crippen LogP contribution in [0.3, 0.4) is 0 Å². The lowest BCUT2D eigenvalue weighted by Crippen LogP contribution is -2.32. The fraction of sp³-hybridized carbons (Fsp3) is 0.500. The molecule has 5 N–H and O–H groups in total. The standard InChI is InChI=1S/C6H9O9P/c7-1-2(8)4-5(15-16(11,12)13)3(9)6(10)14-4/h2,4,7-9H,1H2,(H2,11,12,13)/t2-,4?/m0/s1. The molecular weight excluding hydrogens is 247 g/mol. The van der Waals surface area contributed by atoms with Gasteiger partial charge in [-0.3, -0.25) is 9.79 Å². The topological polar surface area (TPSA) is 154 Å². The van der Waals surface area contributed by atoms with E-state index < -0.39 is 44.1 Å². The molecular formula is C6H9O9P. The maximum atomic E-state index is 10.8. The molecule has 0 amide bonds. The lowest BCUT2D eigenvalue weighted by molar-refractivity contribution is -0.147. The Morgan fingerprint density at radius 2 is 2.06 bits per heavy atom. The van der Waals surface area contributed by atoms with Crippen LogP contribution in [0.4, 0.5) is 0 Å². The fourth-order valence-electron chi connectivity index (χ4n) is 1.03. The lowest BCUT2D eigenvalue weighted by atomic mass is 10.2. The van der Waals surface area contributed by atoms with Gasteiger partial charge in [0.2, 0.25) is 11.5 Å². The molecule has 0 aromatic rings. The number of hydrogen-bond acceptors (Lipinski definition) is 7. The first-order valence-electron chi connectivity index (χ1n) is 3.94. The zero-order valence-corrected chi connectivity index (χ0v) is 8.57. The summed E-state index contributed by atoms with van der Waals surface area (Å²) >= 11 is 0. The molecule has 0 saturated heterocycles. The van der Waals surface area contributed by atoms with E-state index in [-0.39, 0.29) is 0 Å². The normalized spacial score (nSPS) is 23.2. The monoisotopic (exact) mass is 256 g/mol. The van der Waals surface area contributed by atoms with Gasteiger partial charge in [-0.15, -0.1) is 0 Å². The third-order valence-electron chi connectivity index (χ3n) is 1.67. The predicted octanol–water partition coefficient (Wildman–Crippen LogP) is -1.86. The Morgan fingerprint density at radius 3 is 2.50 bits per heavy atom. The third-order valence-corrected chi connectivity index (χ3v) is 2.11. The number of rotatable bonds is 4. The number of carbonyl (C=O) groups is 1. The van der Waals surface area contributed by atoms with E-state index in [9.17, 15) is 9.36 Å². The van der Waals surface area contributed by atoms with E-state index in [4.69, 9.17) is 25.1 Å². The molecule has 0 aliphatic carbocycles. The SMILES string of the molecule is O=C1OC([C@@H](O)CO)C(OP(=O)(O)O)=C1O. The fourth-order valence-corrected chi connectivity index (χ4v) is 1.48. The minimum Gasteiger partial charge on any atom is -0.499 e. The molecule has 0 aromatic heterocycles. The second kappa shape index (κ2) is 4.40. The first kappa shape index (κ1) is 12.9. The molecule has 1 aliphatic rings. The summed E-state index contributed by atoms with van der Waals surface area (Å²) < 4.78 is 18.9. The highest BCUT2D eigenvalue weighted by molar-refractivity contribution is 7.46. The lowest BCUT2D eigenvalue weighted by Gasteiger charge is -2.18. The first-order valence-corrected chi connectivity index (χ1v) is 5.47. The number of esters is 1. The quantitative estimate of drug-likeness (QED) is 0.288. The van der Waals surface area contributed by atoms with Crippen LogP contribution in [0.25, 0.3) is 0 Å². The van der Waals surface area contributed by atoms with Crippen molar-refractivity contribution in [1.82, 2.24) is 0 Å². The molecule has 1 heterocycles. The molecule has 0 bridgehead atoms. The smallest absolute Gasteiger partial charge is 0.499 e. The highest BCUT2D eigenvalue weighted by atomic mass is 31.2. The van der Waals surface area contributed by atoms with Gasteiger partial charge in [-0.2, -0.15) is 0 Å². The van der Waals surface area contributed by atoms with E-state index >= 15 is 0 Å². The van der Waals surface area contributed by atoms with E-state index in [1.807, 2.05) is 0 Å². The Bertz CT molecular complexity index is 368. The maximum absolute atomic E-state index is 10.8. The number of phosphoric acid groups is 1. The molecule has 16 heavy (non-hydrogen) atoms. The van der Waals surface area contributed by atoms with Crippen molar-refractivity contribution in [2.75, 3.05) is 6.61 Å². The molecule has 9 nitrogen and oxygen atoms in total. The van der Waals surface area contributed by atoms with E-state index in [1.54, 1.807) is 0 Å². The Labute approximate surface area is 88.8 Å². The van der Waals surface area contributed by atoms with Crippen molar-refractivity contribution in [2.45, 2.75) is 12.2 Å². The number of aliphatic hydroxyl groups excluding tert-OH is 3. The van der Waals surface area contributed by atoms with Gasteiger partial charge in [-0.25, -0.2) is 9.36 Å². The van der Waals surface area contributed by atoms with Gasteiger partial charge in [0, 0.05) is 0 Å². The van der Waals surface area contributed by atoms with Gasteiger partial charge in [-0.1, -0.05) is 0 Å². The molecule has 0 spiro atoms. The Morgan fingerprint density at radius 1 is 1.50 bits per heavy atom. The maximum Gasteiger partial charge on any atom is 0.524 e. The van der Waals surface area contributed by atoms with E-state index in [2.05, 4.69) is 9.26 Å². The minimum absolute atomic E-state index is 0.848. The molecule has 0 saturated carbocycles. The summed E-state index contributed by atoms with van der Waals surface area (Å²) in [7, 11) is -5.01. The third kappa shape index (κ3) is 2.71. The van der Waals surface area contributed by atoms with Gasteiger partial charge in [0.15, 0.2) is 6.10 Å². The zero-order valence-electron chi connectivity index (χ0n) is 7.68. The van der Waals surface area contributed by atoms with Gasteiger partial charge in [-0.05, 0) is 0 Å². The number of ether oxygens (including phenoxy) is 1. The summed E-state index contributed by atoms with van der Waals surface area (Å²) in [6, 6.07) is 0. The van der Waals surface area contributed by atoms with Crippen molar-refractivity contribution in [3.8, 4) is 0 Å². The van der Waals surface area contributed by atoms with Crippen LogP contribution in [0.15, 0.2) is 11.5 Å². The number of cyclic esters (lactones) is 1. The minimum atomic E-state index is -5.01. The van der Waals surface area contributed by atoms with Crippen molar-refractivity contribution < 1.29 is 43.7 Å². The van der Waals surface area contributed by atoms with Gasteiger partial charge in [0.1, 0.15) is 6.10 Å². The van der Waals surface area contributed by atoms with Crippen LogP contribution in [-0.2, 0) is 18.6 Å². The predicted molar refractivity (Wildman–Crippen MR) is 45.8 cm³/mol. The Balaban J connectivity index is 2.98. The summed E-state index contributed by atoms with van der Waals surface area (Å²) in [5.74, 6) is -3.36. The van der Waals surface area contributed by atoms with E-state index in [1.165, 1.54) is 0 Å². The van der Waals surface area contributed by atoms with Crippen LogP contribution in [0.1, 0.15) is 0 Å². The molecule has 0 radical (unpaired) electrons. The van der Waals surface area contributed by atoms with E-state index in [0.717, 1.165) is 0 Å². The van der Waals surface area contributed by atoms with Crippen molar-refractivity contribution in [1.29, 1.82) is 0 Å². The summed E-state index contributed by atoms with van der Waals surface area (Å²) in [6.45, 7) is -0.848. The van der Waals surface area contributed by atoms with E-state index in [0.29, 0.717) is 0 Å². The Hall–Kier alpha value is -1.12. The van der Waals surface area contributed by atoms with Crippen molar-refractivity contribution in [3.05, 3.63) is 11.5 Å². The van der Waals surface area contributed by atoms with Gasteiger partial charge in [0.05, 0.1) is 6.61 Å². The molecule has 10 heteroatoms. The first-order chi connectivity index (χ1) is 7.26. The molecule has 1 rings (SSSR count). The van der Waals surface area contributed by atoms with Crippen molar-refractivity contribution >= 4 is 13.8 Å². The van der Waals surface area contributed by atoms with Crippen LogP contribution >= 0.6 is 7.82 Å². The number of carbonyl (C=O) groups excluding carboxylic acids is 1. The molecule has 0 fully saturated rings.